The summed E-state index contributed by atoms with van der Waals surface area (Å²) in [6, 6.07) is 8.47. The number of hydrogen-bond acceptors (Lipinski definition) is 3. The van der Waals surface area contributed by atoms with E-state index < -0.39 is 0 Å². The zero-order valence-corrected chi connectivity index (χ0v) is 11.6. The topological polar surface area (TPSA) is 42.7 Å². The molecule has 1 saturated carbocycles. The maximum absolute atomic E-state index is 4.63. The van der Waals surface area contributed by atoms with E-state index in [0.717, 1.165) is 30.3 Å². The van der Waals surface area contributed by atoms with Crippen LogP contribution in [0.3, 0.4) is 0 Å². The highest BCUT2D eigenvalue weighted by molar-refractivity contribution is 5.44. The summed E-state index contributed by atoms with van der Waals surface area (Å²) in [5.74, 6) is 2.74. The Labute approximate surface area is 113 Å². The summed E-state index contributed by atoms with van der Waals surface area (Å²) in [7, 11) is 1.99. The molecule has 0 radical (unpaired) electrons. The Hall–Kier alpha value is -1.84. The number of aryl methyl sites for hydroxylation is 2. The van der Waals surface area contributed by atoms with Crippen molar-refractivity contribution >= 4 is 5.69 Å². The SMILES string of the molecule is Cc1ccc(NCCc2nc(C3CC3)nn2C)cc1. The molecule has 1 fully saturated rings. The van der Waals surface area contributed by atoms with Crippen LogP contribution in [0.15, 0.2) is 24.3 Å². The first kappa shape index (κ1) is 12.2. The number of aromatic nitrogens is 3. The van der Waals surface area contributed by atoms with Gasteiger partial charge in [0.2, 0.25) is 0 Å². The van der Waals surface area contributed by atoms with Gasteiger partial charge in [-0.05, 0) is 31.9 Å². The lowest BCUT2D eigenvalue weighted by atomic mass is 10.2. The minimum atomic E-state index is 0.630. The predicted octanol–water partition coefficient (Wildman–Crippen LogP) is 2.66. The van der Waals surface area contributed by atoms with Crippen LogP contribution in [0.25, 0.3) is 0 Å². The van der Waals surface area contributed by atoms with E-state index in [1.807, 2.05) is 11.7 Å². The number of nitrogens with one attached hydrogen (secondary N) is 1. The van der Waals surface area contributed by atoms with Crippen LogP contribution in [0.5, 0.6) is 0 Å². The van der Waals surface area contributed by atoms with Crippen LogP contribution in [-0.2, 0) is 13.5 Å². The van der Waals surface area contributed by atoms with Crippen LogP contribution < -0.4 is 5.32 Å². The number of benzene rings is 1. The summed E-state index contributed by atoms with van der Waals surface area (Å²) in [4.78, 5) is 4.63. The first-order valence-corrected chi connectivity index (χ1v) is 6.93. The van der Waals surface area contributed by atoms with E-state index in [2.05, 4.69) is 46.6 Å². The Morgan fingerprint density at radius 2 is 2.00 bits per heavy atom. The molecule has 3 rings (SSSR count). The van der Waals surface area contributed by atoms with Crippen LogP contribution in [-0.4, -0.2) is 21.3 Å². The third-order valence-electron chi connectivity index (χ3n) is 3.54. The van der Waals surface area contributed by atoms with Crippen molar-refractivity contribution < 1.29 is 0 Å². The Bertz CT molecular complexity index is 552. The van der Waals surface area contributed by atoms with Crippen molar-refractivity contribution in [3.63, 3.8) is 0 Å². The van der Waals surface area contributed by atoms with Crippen LogP contribution in [0.4, 0.5) is 5.69 Å². The van der Waals surface area contributed by atoms with Gasteiger partial charge in [-0.2, -0.15) is 5.10 Å². The van der Waals surface area contributed by atoms with Crippen molar-refractivity contribution in [2.75, 3.05) is 11.9 Å². The lowest BCUT2D eigenvalue weighted by Gasteiger charge is -2.06. The molecule has 1 N–H and O–H groups in total. The standard InChI is InChI=1S/C15H20N4/c1-11-3-7-13(8-4-11)16-10-9-14-17-15(12-5-6-12)18-19(14)2/h3-4,7-8,12,16H,5-6,9-10H2,1-2H3. The average molecular weight is 256 g/mol. The summed E-state index contributed by atoms with van der Waals surface area (Å²) in [5.41, 5.74) is 2.45. The summed E-state index contributed by atoms with van der Waals surface area (Å²) < 4.78 is 1.92. The van der Waals surface area contributed by atoms with Gasteiger partial charge in [-0.3, -0.25) is 4.68 Å². The van der Waals surface area contributed by atoms with E-state index in [0.29, 0.717) is 5.92 Å². The van der Waals surface area contributed by atoms with Crippen LogP contribution >= 0.6 is 0 Å². The summed E-state index contributed by atoms with van der Waals surface area (Å²) in [5, 5.41) is 7.91. The summed E-state index contributed by atoms with van der Waals surface area (Å²) >= 11 is 0. The van der Waals surface area contributed by atoms with Crippen molar-refractivity contribution in [3.05, 3.63) is 41.5 Å². The summed E-state index contributed by atoms with van der Waals surface area (Å²) in [6.07, 6.45) is 3.42. The van der Waals surface area contributed by atoms with Gasteiger partial charge in [0, 0.05) is 31.6 Å². The molecule has 2 aromatic rings. The van der Waals surface area contributed by atoms with Gasteiger partial charge in [0.1, 0.15) is 5.82 Å². The van der Waals surface area contributed by atoms with Crippen molar-refractivity contribution in [1.29, 1.82) is 0 Å². The van der Waals surface area contributed by atoms with Crippen LogP contribution in [0.2, 0.25) is 0 Å². The lowest BCUT2D eigenvalue weighted by Crippen LogP contribution is -2.09. The lowest BCUT2D eigenvalue weighted by molar-refractivity contribution is 0.694. The van der Waals surface area contributed by atoms with E-state index in [1.54, 1.807) is 0 Å². The molecular formula is C15H20N4. The molecule has 1 aromatic carbocycles. The maximum Gasteiger partial charge on any atom is 0.154 e. The molecule has 1 aliphatic carbocycles. The minimum absolute atomic E-state index is 0.630. The van der Waals surface area contributed by atoms with E-state index in [4.69, 9.17) is 0 Å². The van der Waals surface area contributed by atoms with E-state index in [9.17, 15) is 0 Å². The quantitative estimate of drug-likeness (QED) is 0.894. The molecule has 0 saturated heterocycles. The molecule has 0 aliphatic heterocycles. The largest absolute Gasteiger partial charge is 0.385 e. The minimum Gasteiger partial charge on any atom is -0.385 e. The average Bonchev–Trinajstić information content (AvgIpc) is 3.18. The number of anilines is 1. The first-order valence-electron chi connectivity index (χ1n) is 6.93. The molecule has 1 heterocycles. The van der Waals surface area contributed by atoms with Gasteiger partial charge in [0.05, 0.1) is 0 Å². The normalized spacial score (nSPS) is 14.6. The van der Waals surface area contributed by atoms with Gasteiger partial charge in [0.15, 0.2) is 5.82 Å². The molecule has 1 aromatic heterocycles. The van der Waals surface area contributed by atoms with E-state index in [1.165, 1.54) is 18.4 Å². The van der Waals surface area contributed by atoms with Crippen molar-refractivity contribution in [3.8, 4) is 0 Å². The molecule has 0 unspecified atom stereocenters. The van der Waals surface area contributed by atoms with E-state index >= 15 is 0 Å². The predicted molar refractivity (Wildman–Crippen MR) is 76.4 cm³/mol. The number of nitrogens with zero attached hydrogens (tertiary/aromatic N) is 3. The molecule has 0 spiro atoms. The molecule has 0 amide bonds. The smallest absolute Gasteiger partial charge is 0.154 e. The van der Waals surface area contributed by atoms with Gasteiger partial charge < -0.3 is 5.32 Å². The van der Waals surface area contributed by atoms with Crippen molar-refractivity contribution in [2.45, 2.75) is 32.1 Å². The number of rotatable bonds is 5. The monoisotopic (exact) mass is 256 g/mol. The fraction of sp³-hybridized carbons (Fsp3) is 0.467. The third kappa shape index (κ3) is 2.95. The Balaban J connectivity index is 1.55. The molecule has 0 atom stereocenters. The van der Waals surface area contributed by atoms with Crippen LogP contribution in [0.1, 0.15) is 36.0 Å². The van der Waals surface area contributed by atoms with Gasteiger partial charge in [0.25, 0.3) is 0 Å². The fourth-order valence-electron chi connectivity index (χ4n) is 2.16. The molecule has 1 aliphatic rings. The first-order chi connectivity index (χ1) is 9.22. The zero-order chi connectivity index (χ0) is 13.2. The molecule has 4 heteroatoms. The van der Waals surface area contributed by atoms with Gasteiger partial charge in [-0.25, -0.2) is 4.98 Å². The van der Waals surface area contributed by atoms with Gasteiger partial charge in [-0.1, -0.05) is 17.7 Å². The Morgan fingerprint density at radius 1 is 1.26 bits per heavy atom. The highest BCUT2D eigenvalue weighted by atomic mass is 15.3. The second kappa shape index (κ2) is 5.03. The second-order valence-corrected chi connectivity index (χ2v) is 5.33. The maximum atomic E-state index is 4.63. The van der Waals surface area contributed by atoms with Crippen LogP contribution in [0, 0.1) is 6.92 Å². The summed E-state index contributed by atoms with van der Waals surface area (Å²) in [6.45, 7) is 2.99. The van der Waals surface area contributed by atoms with Gasteiger partial charge >= 0.3 is 0 Å². The highest BCUT2D eigenvalue weighted by Crippen LogP contribution is 2.37. The molecule has 100 valence electrons. The molecular weight excluding hydrogens is 236 g/mol. The van der Waals surface area contributed by atoms with Crippen molar-refractivity contribution in [1.82, 2.24) is 14.8 Å². The molecule has 4 nitrogen and oxygen atoms in total. The third-order valence-corrected chi connectivity index (χ3v) is 3.54. The van der Waals surface area contributed by atoms with Gasteiger partial charge in [-0.15, -0.1) is 0 Å². The fourth-order valence-corrected chi connectivity index (χ4v) is 2.16. The Kier molecular flexibility index (Phi) is 3.23. The zero-order valence-electron chi connectivity index (χ0n) is 11.6. The number of hydrogen-bond donors (Lipinski definition) is 1. The van der Waals surface area contributed by atoms with Crippen molar-refractivity contribution in [2.24, 2.45) is 7.05 Å². The second-order valence-electron chi connectivity index (χ2n) is 5.33. The Morgan fingerprint density at radius 3 is 2.68 bits per heavy atom. The highest BCUT2D eigenvalue weighted by Gasteiger charge is 2.28. The molecule has 19 heavy (non-hydrogen) atoms. The van der Waals surface area contributed by atoms with E-state index in [-0.39, 0.29) is 0 Å². The molecule has 0 bridgehead atoms.